The molecule has 18 heavy (non-hydrogen) atoms. The van der Waals surface area contributed by atoms with Crippen molar-refractivity contribution in [1.29, 1.82) is 0 Å². The van der Waals surface area contributed by atoms with Crippen LogP contribution in [0.2, 0.25) is 0 Å². The summed E-state index contributed by atoms with van der Waals surface area (Å²) in [6, 6.07) is 4.41. The van der Waals surface area contributed by atoms with Gasteiger partial charge in [-0.1, -0.05) is 15.9 Å². The van der Waals surface area contributed by atoms with Crippen LogP contribution in [-0.2, 0) is 9.53 Å². The first-order valence-electron chi connectivity index (χ1n) is 5.23. The molecule has 1 rings (SSSR count). The molecule has 0 aliphatic heterocycles. The lowest BCUT2D eigenvalue weighted by Gasteiger charge is -2.17. The number of amides is 1. The van der Waals surface area contributed by atoms with Gasteiger partial charge in [0, 0.05) is 18.6 Å². The second-order valence-corrected chi connectivity index (χ2v) is 4.86. The summed E-state index contributed by atoms with van der Waals surface area (Å²) < 4.78 is 5.62. The number of carbonyl (C=O) groups excluding carboxylic acids is 2. The second-order valence-electron chi connectivity index (χ2n) is 3.94. The van der Waals surface area contributed by atoms with E-state index in [9.17, 15) is 14.7 Å². The normalized spacial score (nSPS) is 11.8. The minimum absolute atomic E-state index is 0.0165. The maximum atomic E-state index is 11.8. The molecule has 0 bridgehead atoms. The Hall–Kier alpha value is -1.56. The van der Waals surface area contributed by atoms with Gasteiger partial charge < -0.3 is 14.7 Å². The van der Waals surface area contributed by atoms with Crippen LogP contribution in [0.1, 0.15) is 17.3 Å². The van der Waals surface area contributed by atoms with Crippen molar-refractivity contribution >= 4 is 27.8 Å². The monoisotopic (exact) mass is 315 g/mol. The SMILES string of the molecule is C[C@H](OC(=O)c1cc(Br)ccc1O)C(=O)N(C)C. The molecule has 0 aliphatic carbocycles. The van der Waals surface area contributed by atoms with E-state index in [0.717, 1.165) is 0 Å². The number of aromatic hydroxyl groups is 1. The molecule has 1 aromatic carbocycles. The van der Waals surface area contributed by atoms with Crippen molar-refractivity contribution in [2.24, 2.45) is 0 Å². The minimum Gasteiger partial charge on any atom is -0.507 e. The molecule has 5 nitrogen and oxygen atoms in total. The van der Waals surface area contributed by atoms with Gasteiger partial charge in [0.2, 0.25) is 0 Å². The maximum absolute atomic E-state index is 11.8. The van der Waals surface area contributed by atoms with E-state index in [1.165, 1.54) is 24.0 Å². The lowest BCUT2D eigenvalue weighted by molar-refractivity contribution is -0.137. The zero-order valence-electron chi connectivity index (χ0n) is 10.3. The van der Waals surface area contributed by atoms with Crippen molar-refractivity contribution in [3.8, 4) is 5.75 Å². The lowest BCUT2D eigenvalue weighted by Crippen LogP contribution is -2.34. The molecule has 98 valence electrons. The number of esters is 1. The van der Waals surface area contributed by atoms with Gasteiger partial charge in [-0.25, -0.2) is 4.79 Å². The molecule has 0 radical (unpaired) electrons. The fourth-order valence-corrected chi connectivity index (χ4v) is 1.67. The van der Waals surface area contributed by atoms with Crippen molar-refractivity contribution < 1.29 is 19.4 Å². The number of rotatable bonds is 3. The van der Waals surface area contributed by atoms with Gasteiger partial charge in [0.15, 0.2) is 6.10 Å². The summed E-state index contributed by atoms with van der Waals surface area (Å²) in [7, 11) is 3.15. The maximum Gasteiger partial charge on any atom is 0.342 e. The molecule has 1 aromatic rings. The summed E-state index contributed by atoms with van der Waals surface area (Å²) in [5.74, 6) is -1.25. The quantitative estimate of drug-likeness (QED) is 0.864. The fraction of sp³-hybridized carbons (Fsp3) is 0.333. The van der Waals surface area contributed by atoms with Crippen molar-refractivity contribution in [3.05, 3.63) is 28.2 Å². The number of phenolic OH excluding ortho intramolecular Hbond substituents is 1. The van der Waals surface area contributed by atoms with Crippen LogP contribution >= 0.6 is 15.9 Å². The van der Waals surface area contributed by atoms with Crippen LogP contribution in [0.4, 0.5) is 0 Å². The molecule has 0 heterocycles. The second kappa shape index (κ2) is 5.86. The van der Waals surface area contributed by atoms with E-state index in [0.29, 0.717) is 4.47 Å². The highest BCUT2D eigenvalue weighted by atomic mass is 79.9. The van der Waals surface area contributed by atoms with E-state index in [-0.39, 0.29) is 17.2 Å². The number of benzene rings is 1. The van der Waals surface area contributed by atoms with E-state index in [2.05, 4.69) is 15.9 Å². The molecule has 0 unspecified atom stereocenters. The van der Waals surface area contributed by atoms with Gasteiger partial charge in [0.1, 0.15) is 11.3 Å². The van der Waals surface area contributed by atoms with Crippen LogP contribution < -0.4 is 0 Å². The Labute approximate surface area is 113 Å². The van der Waals surface area contributed by atoms with E-state index in [1.54, 1.807) is 20.2 Å². The van der Waals surface area contributed by atoms with E-state index in [1.807, 2.05) is 0 Å². The number of halogens is 1. The third-order valence-electron chi connectivity index (χ3n) is 2.25. The topological polar surface area (TPSA) is 66.8 Å². The van der Waals surface area contributed by atoms with E-state index in [4.69, 9.17) is 4.74 Å². The van der Waals surface area contributed by atoms with Crippen LogP contribution in [0, 0.1) is 0 Å². The molecule has 1 amide bonds. The van der Waals surface area contributed by atoms with E-state index < -0.39 is 12.1 Å². The van der Waals surface area contributed by atoms with Crippen molar-refractivity contribution in [1.82, 2.24) is 4.90 Å². The first-order chi connectivity index (χ1) is 8.32. The summed E-state index contributed by atoms with van der Waals surface area (Å²) >= 11 is 3.19. The molecule has 6 heteroatoms. The summed E-state index contributed by atoms with van der Waals surface area (Å²) in [6.45, 7) is 1.48. The number of phenols is 1. The third-order valence-corrected chi connectivity index (χ3v) is 2.74. The molecule has 1 N–H and O–H groups in total. The lowest BCUT2D eigenvalue weighted by atomic mass is 10.2. The van der Waals surface area contributed by atoms with Gasteiger partial charge in [-0.05, 0) is 25.1 Å². The summed E-state index contributed by atoms with van der Waals surface area (Å²) in [6.07, 6.45) is -0.897. The Morgan fingerprint density at radius 2 is 2.00 bits per heavy atom. The minimum atomic E-state index is -0.897. The van der Waals surface area contributed by atoms with Gasteiger partial charge in [-0.3, -0.25) is 4.79 Å². The number of hydrogen-bond donors (Lipinski definition) is 1. The zero-order valence-corrected chi connectivity index (χ0v) is 11.9. The van der Waals surface area contributed by atoms with Crippen LogP contribution in [0.15, 0.2) is 22.7 Å². The van der Waals surface area contributed by atoms with Gasteiger partial charge >= 0.3 is 5.97 Å². The molecule has 0 saturated heterocycles. The molecule has 0 saturated carbocycles. The Morgan fingerprint density at radius 3 is 2.56 bits per heavy atom. The molecular weight excluding hydrogens is 302 g/mol. The van der Waals surface area contributed by atoms with Crippen LogP contribution in [-0.4, -0.2) is 42.1 Å². The molecule has 0 aromatic heterocycles. The number of ether oxygens (including phenoxy) is 1. The number of hydrogen-bond acceptors (Lipinski definition) is 4. The molecule has 0 fully saturated rings. The smallest absolute Gasteiger partial charge is 0.342 e. The van der Waals surface area contributed by atoms with Crippen molar-refractivity contribution in [3.63, 3.8) is 0 Å². The van der Waals surface area contributed by atoms with Crippen molar-refractivity contribution in [2.45, 2.75) is 13.0 Å². The number of nitrogens with zero attached hydrogens (tertiary/aromatic N) is 1. The molecule has 0 spiro atoms. The Kier molecular flexibility index (Phi) is 4.72. The van der Waals surface area contributed by atoms with Gasteiger partial charge in [-0.15, -0.1) is 0 Å². The zero-order chi connectivity index (χ0) is 13.9. The average Bonchev–Trinajstić information content (AvgIpc) is 2.30. The van der Waals surface area contributed by atoms with Gasteiger partial charge in [0.25, 0.3) is 5.91 Å². The molecule has 1 atom stereocenters. The first-order valence-corrected chi connectivity index (χ1v) is 6.03. The van der Waals surface area contributed by atoms with Crippen molar-refractivity contribution in [2.75, 3.05) is 14.1 Å². The summed E-state index contributed by atoms with van der Waals surface area (Å²) in [4.78, 5) is 24.7. The van der Waals surface area contributed by atoms with Crippen LogP contribution in [0.5, 0.6) is 5.75 Å². The summed E-state index contributed by atoms with van der Waals surface area (Å²) in [5, 5.41) is 9.55. The fourth-order valence-electron chi connectivity index (χ4n) is 1.31. The van der Waals surface area contributed by atoms with E-state index >= 15 is 0 Å². The first kappa shape index (κ1) is 14.5. The highest BCUT2D eigenvalue weighted by molar-refractivity contribution is 9.10. The highest BCUT2D eigenvalue weighted by Gasteiger charge is 2.22. The predicted octanol–water partition coefficient (Wildman–Crippen LogP) is 1.79. The van der Waals surface area contributed by atoms with Gasteiger partial charge in [-0.2, -0.15) is 0 Å². The standard InChI is InChI=1S/C12H14BrNO4/c1-7(11(16)14(2)3)18-12(17)9-6-8(13)4-5-10(9)15/h4-7,15H,1-3H3/t7-/m0/s1. The number of likely N-dealkylation sites (N-methyl/N-ethyl adjacent to an activating group) is 1. The Bertz CT molecular complexity index is 473. The predicted molar refractivity (Wildman–Crippen MR) is 69.4 cm³/mol. The van der Waals surface area contributed by atoms with Crippen LogP contribution in [0.3, 0.4) is 0 Å². The highest BCUT2D eigenvalue weighted by Crippen LogP contribution is 2.23. The molecular formula is C12H14BrNO4. The molecule has 0 aliphatic rings. The van der Waals surface area contributed by atoms with Gasteiger partial charge in [0.05, 0.1) is 0 Å². The largest absolute Gasteiger partial charge is 0.507 e. The van der Waals surface area contributed by atoms with Crippen LogP contribution in [0.25, 0.3) is 0 Å². The number of carbonyl (C=O) groups is 2. The summed E-state index contributed by atoms with van der Waals surface area (Å²) in [5.41, 5.74) is 0.0165. The average molecular weight is 316 g/mol. The Balaban J connectivity index is 2.83. The Morgan fingerprint density at radius 1 is 1.39 bits per heavy atom. The third kappa shape index (κ3) is 3.46.